The molecule has 4 fully saturated rings. The molecule has 1 aromatic carbocycles. The number of rotatable bonds is 4. The predicted octanol–water partition coefficient (Wildman–Crippen LogP) is 4.83. The normalized spacial score (nSPS) is 33.9. The van der Waals surface area contributed by atoms with Gasteiger partial charge in [-0.2, -0.15) is 0 Å². The molecule has 5 heteroatoms. The smallest absolute Gasteiger partial charge is 0.238 e. The van der Waals surface area contributed by atoms with E-state index in [9.17, 15) is 4.79 Å². The summed E-state index contributed by atoms with van der Waals surface area (Å²) in [6.45, 7) is 0.422. The van der Waals surface area contributed by atoms with Crippen LogP contribution in [0.15, 0.2) is 18.2 Å². The first-order valence-corrected chi connectivity index (χ1v) is 9.65. The lowest BCUT2D eigenvalue weighted by atomic mass is 9.52. The average molecular weight is 367 g/mol. The summed E-state index contributed by atoms with van der Waals surface area (Å²) in [5.74, 6) is 2.64. The third-order valence-electron chi connectivity index (χ3n) is 6.40. The zero-order chi connectivity index (χ0) is 16.9. The van der Waals surface area contributed by atoms with Gasteiger partial charge in [0, 0.05) is 10.6 Å². The van der Waals surface area contributed by atoms with Crippen molar-refractivity contribution in [3.8, 4) is 0 Å². The molecule has 4 aliphatic rings. The van der Waals surface area contributed by atoms with Crippen molar-refractivity contribution in [2.75, 3.05) is 18.9 Å². The highest BCUT2D eigenvalue weighted by Gasteiger charge is 2.52. The molecular weight excluding hydrogens is 343 g/mol. The minimum Gasteiger partial charge on any atom is -0.324 e. The van der Waals surface area contributed by atoms with Crippen LogP contribution in [0.4, 0.5) is 5.69 Å². The van der Waals surface area contributed by atoms with E-state index in [1.807, 2.05) is 0 Å². The van der Waals surface area contributed by atoms with E-state index in [4.69, 9.17) is 23.2 Å². The Morgan fingerprint density at radius 3 is 2.29 bits per heavy atom. The van der Waals surface area contributed by atoms with Crippen LogP contribution in [0.3, 0.4) is 0 Å². The van der Waals surface area contributed by atoms with E-state index in [1.165, 1.54) is 38.5 Å². The molecule has 24 heavy (non-hydrogen) atoms. The van der Waals surface area contributed by atoms with Gasteiger partial charge in [-0.15, -0.1) is 0 Å². The summed E-state index contributed by atoms with van der Waals surface area (Å²) >= 11 is 12.1. The molecule has 130 valence electrons. The van der Waals surface area contributed by atoms with E-state index >= 15 is 0 Å². The Labute approximate surface area is 153 Å². The molecule has 5 rings (SSSR count). The largest absolute Gasteiger partial charge is 0.324 e. The number of amides is 1. The van der Waals surface area contributed by atoms with Gasteiger partial charge in [0.25, 0.3) is 0 Å². The molecule has 0 spiro atoms. The Morgan fingerprint density at radius 1 is 1.17 bits per heavy atom. The fraction of sp³-hybridized carbons (Fsp3) is 0.632. The Balaban J connectivity index is 1.42. The molecule has 0 heterocycles. The molecule has 4 saturated carbocycles. The van der Waals surface area contributed by atoms with Crippen LogP contribution < -0.4 is 5.32 Å². The number of hydrogen-bond acceptors (Lipinski definition) is 2. The third-order valence-corrected chi connectivity index (χ3v) is 6.95. The van der Waals surface area contributed by atoms with E-state index in [-0.39, 0.29) is 11.4 Å². The maximum atomic E-state index is 12.5. The molecule has 3 nitrogen and oxygen atoms in total. The average Bonchev–Trinajstić information content (AvgIpc) is 2.48. The van der Waals surface area contributed by atoms with Gasteiger partial charge in [0.15, 0.2) is 0 Å². The number of benzene rings is 1. The van der Waals surface area contributed by atoms with Crippen LogP contribution in [0, 0.1) is 17.8 Å². The first kappa shape index (κ1) is 16.7. The number of likely N-dealkylation sites (N-methyl/N-ethyl adjacent to an activating group) is 1. The topological polar surface area (TPSA) is 32.3 Å². The maximum absolute atomic E-state index is 12.5. The number of nitrogens with one attached hydrogen (secondary N) is 1. The molecule has 0 aliphatic heterocycles. The van der Waals surface area contributed by atoms with Crippen LogP contribution in [0.2, 0.25) is 10.0 Å². The second-order valence-corrected chi connectivity index (χ2v) is 9.01. The van der Waals surface area contributed by atoms with Crippen molar-refractivity contribution >= 4 is 34.8 Å². The van der Waals surface area contributed by atoms with Crippen LogP contribution in [-0.4, -0.2) is 29.9 Å². The lowest BCUT2D eigenvalue weighted by molar-refractivity contribution is -0.123. The predicted molar refractivity (Wildman–Crippen MR) is 98.6 cm³/mol. The standard InChI is InChI=1S/C19H24Cl2N2O/c1-23(11-18(24)22-17-3-2-15(20)7-16(17)21)19-8-12-4-13(9-19)6-14(5-12)10-19/h2-3,7,12-14H,4-6,8-11H2,1H3,(H,22,24). The number of carbonyl (C=O) groups excluding carboxylic acids is 1. The van der Waals surface area contributed by atoms with Gasteiger partial charge < -0.3 is 5.32 Å². The van der Waals surface area contributed by atoms with Crippen LogP contribution in [0.25, 0.3) is 0 Å². The molecular formula is C19H24Cl2N2O. The van der Waals surface area contributed by atoms with E-state index in [1.54, 1.807) is 18.2 Å². The van der Waals surface area contributed by atoms with Gasteiger partial charge in [-0.3, -0.25) is 9.69 Å². The number of hydrogen-bond donors (Lipinski definition) is 1. The van der Waals surface area contributed by atoms with Crippen molar-refractivity contribution < 1.29 is 4.79 Å². The van der Waals surface area contributed by atoms with Gasteiger partial charge in [0.2, 0.25) is 5.91 Å². The Bertz CT molecular complexity index is 625. The van der Waals surface area contributed by atoms with Gasteiger partial charge in [-0.05, 0) is 81.5 Å². The zero-order valence-corrected chi connectivity index (χ0v) is 15.5. The first-order chi connectivity index (χ1) is 11.4. The maximum Gasteiger partial charge on any atom is 0.238 e. The van der Waals surface area contributed by atoms with Crippen molar-refractivity contribution in [2.24, 2.45) is 17.8 Å². The SMILES string of the molecule is CN(CC(=O)Nc1ccc(Cl)cc1Cl)C12CC3CC(CC(C3)C1)C2. The summed E-state index contributed by atoms with van der Waals surface area (Å²) < 4.78 is 0. The number of nitrogens with zero attached hydrogens (tertiary/aromatic N) is 1. The quantitative estimate of drug-likeness (QED) is 0.827. The van der Waals surface area contributed by atoms with Crippen LogP contribution >= 0.6 is 23.2 Å². The van der Waals surface area contributed by atoms with Crippen molar-refractivity contribution in [2.45, 2.75) is 44.1 Å². The highest BCUT2D eigenvalue weighted by atomic mass is 35.5. The van der Waals surface area contributed by atoms with Crippen molar-refractivity contribution in [1.29, 1.82) is 0 Å². The summed E-state index contributed by atoms with van der Waals surface area (Å²) in [7, 11) is 2.12. The van der Waals surface area contributed by atoms with Gasteiger partial charge in [-0.25, -0.2) is 0 Å². The second kappa shape index (κ2) is 6.19. The molecule has 0 radical (unpaired) electrons. The fourth-order valence-electron chi connectivity index (χ4n) is 5.70. The van der Waals surface area contributed by atoms with Gasteiger partial charge in [-0.1, -0.05) is 23.2 Å². The minimum absolute atomic E-state index is 0.00234. The lowest BCUT2D eigenvalue weighted by Gasteiger charge is -2.59. The summed E-state index contributed by atoms with van der Waals surface area (Å²) in [5.41, 5.74) is 0.876. The Kier molecular flexibility index (Phi) is 4.30. The summed E-state index contributed by atoms with van der Waals surface area (Å²) in [5, 5.41) is 3.98. The molecule has 1 N–H and O–H groups in total. The zero-order valence-electron chi connectivity index (χ0n) is 14.0. The number of anilines is 1. The summed E-state index contributed by atoms with van der Waals surface area (Å²) in [6, 6.07) is 5.15. The van der Waals surface area contributed by atoms with Crippen molar-refractivity contribution in [3.05, 3.63) is 28.2 Å². The van der Waals surface area contributed by atoms with Crippen LogP contribution in [0.5, 0.6) is 0 Å². The fourth-order valence-corrected chi connectivity index (χ4v) is 6.15. The molecule has 0 unspecified atom stereocenters. The molecule has 4 bridgehead atoms. The van der Waals surface area contributed by atoms with Gasteiger partial charge in [0.1, 0.15) is 0 Å². The van der Waals surface area contributed by atoms with E-state index in [0.717, 1.165) is 17.8 Å². The minimum atomic E-state index is -0.00234. The van der Waals surface area contributed by atoms with Gasteiger partial charge >= 0.3 is 0 Å². The summed E-state index contributed by atoms with van der Waals surface area (Å²) in [6.07, 6.45) is 8.05. The number of halogens is 2. The second-order valence-electron chi connectivity index (χ2n) is 8.17. The molecule has 1 amide bonds. The highest BCUT2D eigenvalue weighted by Crippen LogP contribution is 2.57. The third kappa shape index (κ3) is 3.07. The highest BCUT2D eigenvalue weighted by molar-refractivity contribution is 6.36. The number of carbonyl (C=O) groups is 1. The van der Waals surface area contributed by atoms with Crippen molar-refractivity contribution in [1.82, 2.24) is 4.90 Å². The first-order valence-electron chi connectivity index (χ1n) is 8.90. The molecule has 0 saturated heterocycles. The molecule has 0 atom stereocenters. The van der Waals surface area contributed by atoms with Crippen LogP contribution in [0.1, 0.15) is 38.5 Å². The summed E-state index contributed by atoms with van der Waals surface area (Å²) in [4.78, 5) is 14.8. The monoisotopic (exact) mass is 366 g/mol. The van der Waals surface area contributed by atoms with Crippen molar-refractivity contribution in [3.63, 3.8) is 0 Å². The lowest BCUT2D eigenvalue weighted by Crippen LogP contribution is -2.59. The van der Waals surface area contributed by atoms with E-state index in [2.05, 4.69) is 17.3 Å². The molecule has 0 aromatic heterocycles. The Morgan fingerprint density at radius 2 is 1.75 bits per heavy atom. The molecule has 1 aromatic rings. The van der Waals surface area contributed by atoms with Crippen LogP contribution in [-0.2, 0) is 4.79 Å². The Hall–Kier alpha value is -0.770. The molecule has 4 aliphatic carbocycles. The van der Waals surface area contributed by atoms with E-state index < -0.39 is 0 Å². The van der Waals surface area contributed by atoms with E-state index in [0.29, 0.717) is 22.3 Å². The van der Waals surface area contributed by atoms with Gasteiger partial charge in [0.05, 0.1) is 17.3 Å².